The highest BCUT2D eigenvalue weighted by Gasteiger charge is 2.25. The standard InChI is InChI=1S/C22H41N3O7S3/c1-20(2,3)30-17(27)23-10-12-33-16(26)15(25-19(29)32-22(7,8)9)14-35-34-13-11-24-18(28)31-21(4,5)6/h15H,10-14H2,1-9H3,(H,23,27)(H,24,28)(H,25,29)/t15-/m0/s1. The highest BCUT2D eigenvalue weighted by atomic mass is 33.1. The topological polar surface area (TPSA) is 132 Å². The van der Waals surface area contributed by atoms with Gasteiger partial charge in [0.1, 0.15) is 22.8 Å². The zero-order valence-corrected chi connectivity index (χ0v) is 24.6. The summed E-state index contributed by atoms with van der Waals surface area (Å²) < 4.78 is 15.6. The number of rotatable bonds is 11. The predicted octanol–water partition coefficient (Wildman–Crippen LogP) is 4.57. The van der Waals surface area contributed by atoms with Gasteiger partial charge in [-0.2, -0.15) is 0 Å². The molecule has 0 saturated carbocycles. The van der Waals surface area contributed by atoms with Crippen molar-refractivity contribution in [1.29, 1.82) is 0 Å². The highest BCUT2D eigenvalue weighted by Crippen LogP contribution is 2.23. The van der Waals surface area contributed by atoms with Crippen LogP contribution in [0, 0.1) is 0 Å². The molecule has 0 aromatic carbocycles. The first-order valence-electron chi connectivity index (χ1n) is 11.2. The zero-order chi connectivity index (χ0) is 27.3. The smallest absolute Gasteiger partial charge is 0.408 e. The van der Waals surface area contributed by atoms with Gasteiger partial charge >= 0.3 is 18.3 Å². The summed E-state index contributed by atoms with van der Waals surface area (Å²) in [7, 11) is 2.85. The molecule has 1 atom stereocenters. The largest absolute Gasteiger partial charge is 0.444 e. The lowest BCUT2D eigenvalue weighted by atomic mass is 10.2. The van der Waals surface area contributed by atoms with Crippen molar-refractivity contribution in [3.63, 3.8) is 0 Å². The second-order valence-corrected chi connectivity index (χ2v) is 14.1. The number of hydrogen-bond acceptors (Lipinski definition) is 10. The first-order chi connectivity index (χ1) is 15.9. The van der Waals surface area contributed by atoms with Gasteiger partial charge in [0.05, 0.1) is 0 Å². The normalized spacial score (nSPS) is 12.8. The van der Waals surface area contributed by atoms with Gasteiger partial charge in [-0.3, -0.25) is 4.79 Å². The van der Waals surface area contributed by atoms with E-state index in [2.05, 4.69) is 16.0 Å². The highest BCUT2D eigenvalue weighted by molar-refractivity contribution is 8.76. The Bertz CT molecular complexity index is 702. The summed E-state index contributed by atoms with van der Waals surface area (Å²) in [4.78, 5) is 48.3. The average molecular weight is 556 g/mol. The maximum atomic E-state index is 12.7. The van der Waals surface area contributed by atoms with Gasteiger partial charge in [-0.05, 0) is 62.3 Å². The van der Waals surface area contributed by atoms with Gasteiger partial charge in [0, 0.05) is 30.3 Å². The molecule has 204 valence electrons. The molecule has 0 bridgehead atoms. The Morgan fingerprint density at radius 2 is 1.09 bits per heavy atom. The SMILES string of the molecule is CC(C)(C)OC(=O)NCCSSC[C@H](NC(=O)OC(C)(C)C)C(=O)SCCNC(=O)OC(C)(C)C. The van der Waals surface area contributed by atoms with Crippen molar-refractivity contribution in [3.8, 4) is 0 Å². The Morgan fingerprint density at radius 3 is 1.54 bits per heavy atom. The predicted molar refractivity (Wildman–Crippen MR) is 144 cm³/mol. The summed E-state index contributed by atoms with van der Waals surface area (Å²) in [5.74, 6) is 1.22. The van der Waals surface area contributed by atoms with Crippen LogP contribution in [0.4, 0.5) is 14.4 Å². The van der Waals surface area contributed by atoms with Gasteiger partial charge in [-0.15, -0.1) is 0 Å². The Morgan fingerprint density at radius 1 is 0.657 bits per heavy atom. The van der Waals surface area contributed by atoms with Crippen molar-refractivity contribution in [2.45, 2.75) is 85.2 Å². The Kier molecular flexibility index (Phi) is 14.9. The molecule has 35 heavy (non-hydrogen) atoms. The van der Waals surface area contributed by atoms with E-state index in [-0.39, 0.29) is 11.7 Å². The van der Waals surface area contributed by atoms with Crippen molar-refractivity contribution in [2.24, 2.45) is 0 Å². The summed E-state index contributed by atoms with van der Waals surface area (Å²) in [6.45, 7) is 16.5. The molecule has 10 nitrogen and oxygen atoms in total. The van der Waals surface area contributed by atoms with Crippen LogP contribution >= 0.6 is 33.3 Å². The molecule has 0 aliphatic carbocycles. The van der Waals surface area contributed by atoms with Crippen LogP contribution in [0.5, 0.6) is 0 Å². The van der Waals surface area contributed by atoms with Crippen molar-refractivity contribution < 1.29 is 33.4 Å². The van der Waals surface area contributed by atoms with Crippen molar-refractivity contribution in [2.75, 3.05) is 30.3 Å². The molecule has 0 unspecified atom stereocenters. The lowest BCUT2D eigenvalue weighted by Crippen LogP contribution is -2.44. The van der Waals surface area contributed by atoms with Gasteiger partial charge in [0.2, 0.25) is 5.12 Å². The second kappa shape index (κ2) is 15.6. The van der Waals surface area contributed by atoms with Crippen LogP contribution in [-0.2, 0) is 19.0 Å². The lowest BCUT2D eigenvalue weighted by molar-refractivity contribution is -0.112. The molecule has 13 heteroatoms. The van der Waals surface area contributed by atoms with Crippen LogP contribution in [-0.4, -0.2) is 76.6 Å². The van der Waals surface area contributed by atoms with Gasteiger partial charge in [0.15, 0.2) is 0 Å². The Labute approximate surface area is 221 Å². The fourth-order valence-electron chi connectivity index (χ4n) is 2.02. The van der Waals surface area contributed by atoms with Crippen LogP contribution in [0.2, 0.25) is 0 Å². The molecule has 3 amide bonds. The van der Waals surface area contributed by atoms with Crippen LogP contribution < -0.4 is 16.0 Å². The molecule has 0 saturated heterocycles. The Balaban J connectivity index is 4.57. The third-order valence-corrected chi connectivity index (χ3v) is 6.55. The van der Waals surface area contributed by atoms with E-state index in [0.29, 0.717) is 23.8 Å². The molecule has 0 aromatic rings. The minimum absolute atomic E-state index is 0.239. The van der Waals surface area contributed by atoms with E-state index in [1.54, 1.807) is 62.3 Å². The first-order valence-corrected chi connectivity index (χ1v) is 14.7. The molecule has 0 fully saturated rings. The number of ether oxygens (including phenoxy) is 3. The van der Waals surface area contributed by atoms with Crippen molar-refractivity contribution in [3.05, 3.63) is 0 Å². The number of carbonyl (C=O) groups excluding carboxylic acids is 4. The minimum atomic E-state index is -0.785. The molecule has 0 radical (unpaired) electrons. The third-order valence-electron chi connectivity index (χ3n) is 3.16. The number of hydrogen-bond donors (Lipinski definition) is 3. The number of thioether (sulfide) groups is 1. The Hall–Kier alpha value is -1.47. The molecular weight excluding hydrogens is 514 g/mol. The van der Waals surface area contributed by atoms with E-state index in [1.165, 1.54) is 21.6 Å². The fourth-order valence-corrected chi connectivity index (χ4v) is 4.95. The van der Waals surface area contributed by atoms with E-state index in [1.807, 2.05) is 0 Å². The van der Waals surface area contributed by atoms with E-state index in [9.17, 15) is 19.2 Å². The third kappa shape index (κ3) is 21.5. The average Bonchev–Trinajstić information content (AvgIpc) is 2.62. The summed E-state index contributed by atoms with van der Waals surface area (Å²) in [5.41, 5.74) is -1.86. The van der Waals surface area contributed by atoms with E-state index in [0.717, 1.165) is 11.8 Å². The van der Waals surface area contributed by atoms with Crippen LogP contribution in [0.3, 0.4) is 0 Å². The van der Waals surface area contributed by atoms with E-state index < -0.39 is 41.1 Å². The van der Waals surface area contributed by atoms with Crippen molar-refractivity contribution in [1.82, 2.24) is 16.0 Å². The van der Waals surface area contributed by atoms with Crippen LogP contribution in [0.1, 0.15) is 62.3 Å². The minimum Gasteiger partial charge on any atom is -0.444 e. The zero-order valence-electron chi connectivity index (χ0n) is 22.2. The molecule has 0 aliphatic rings. The lowest BCUT2D eigenvalue weighted by Gasteiger charge is -2.23. The molecular formula is C22H41N3O7S3. The summed E-state index contributed by atoms with van der Waals surface area (Å²) in [6, 6.07) is -0.785. The fraction of sp³-hybridized carbons (Fsp3) is 0.818. The van der Waals surface area contributed by atoms with Crippen molar-refractivity contribution >= 4 is 56.7 Å². The van der Waals surface area contributed by atoms with Gasteiger partial charge in [-0.1, -0.05) is 33.3 Å². The monoisotopic (exact) mass is 555 g/mol. The molecule has 0 spiro atoms. The van der Waals surface area contributed by atoms with Gasteiger partial charge in [-0.25, -0.2) is 14.4 Å². The molecule has 0 heterocycles. The molecule has 0 aromatic heterocycles. The number of carbonyl (C=O) groups is 4. The summed E-state index contributed by atoms with van der Waals surface area (Å²) in [5, 5.41) is 7.63. The van der Waals surface area contributed by atoms with E-state index >= 15 is 0 Å². The van der Waals surface area contributed by atoms with Crippen LogP contribution in [0.15, 0.2) is 0 Å². The molecule has 3 N–H and O–H groups in total. The molecule has 0 rings (SSSR count). The quantitative estimate of drug-likeness (QED) is 0.189. The summed E-state index contributed by atoms with van der Waals surface area (Å²) in [6.07, 6.45) is -1.72. The maximum Gasteiger partial charge on any atom is 0.408 e. The summed E-state index contributed by atoms with van der Waals surface area (Å²) >= 11 is 1.01. The maximum absolute atomic E-state index is 12.7. The second-order valence-electron chi connectivity index (χ2n) is 10.3. The van der Waals surface area contributed by atoms with E-state index in [4.69, 9.17) is 14.2 Å². The number of nitrogens with one attached hydrogen (secondary N) is 3. The van der Waals surface area contributed by atoms with Gasteiger partial charge in [0.25, 0.3) is 0 Å². The van der Waals surface area contributed by atoms with Gasteiger partial charge < -0.3 is 30.2 Å². The molecule has 0 aliphatic heterocycles. The number of alkyl carbamates (subject to hydrolysis) is 3. The van der Waals surface area contributed by atoms with Crippen LogP contribution in [0.25, 0.3) is 0 Å². The number of amides is 3. The first kappa shape index (κ1) is 33.5.